The number of rotatable bonds is 1. The number of carbonyl (C=O) groups excluding carboxylic acids is 1. The molecule has 0 saturated heterocycles. The van der Waals surface area contributed by atoms with Gasteiger partial charge in [0.15, 0.2) is 0 Å². The third kappa shape index (κ3) is 2.13. The highest BCUT2D eigenvalue weighted by Crippen LogP contribution is 2.28. The van der Waals surface area contributed by atoms with E-state index in [0.29, 0.717) is 0 Å². The highest BCUT2D eigenvalue weighted by molar-refractivity contribution is 5.86. The van der Waals surface area contributed by atoms with E-state index in [2.05, 4.69) is 43.3 Å². The van der Waals surface area contributed by atoms with E-state index in [4.69, 9.17) is 4.74 Å². The Morgan fingerprint density at radius 3 is 2.65 bits per heavy atom. The molecule has 0 spiro atoms. The summed E-state index contributed by atoms with van der Waals surface area (Å²) in [5, 5.41) is 4.85. The second-order valence-electron chi connectivity index (χ2n) is 6.44. The van der Waals surface area contributed by atoms with Gasteiger partial charge in [0, 0.05) is 0 Å². The van der Waals surface area contributed by atoms with Crippen molar-refractivity contribution in [1.29, 1.82) is 0 Å². The average molecular weight is 304 g/mol. The van der Waals surface area contributed by atoms with Crippen molar-refractivity contribution in [3.63, 3.8) is 0 Å². The van der Waals surface area contributed by atoms with Gasteiger partial charge in [-0.05, 0) is 58.2 Å². The smallest absolute Gasteiger partial charge is 0.317 e. The Hall–Kier alpha value is -2.35. The van der Waals surface area contributed by atoms with Crippen LogP contribution >= 0.6 is 0 Å². The van der Waals surface area contributed by atoms with Gasteiger partial charge in [-0.3, -0.25) is 4.79 Å². The fourth-order valence-corrected chi connectivity index (χ4v) is 4.05. The van der Waals surface area contributed by atoms with Gasteiger partial charge in [-0.1, -0.05) is 48.0 Å². The zero-order valence-electron chi connectivity index (χ0n) is 13.6. The lowest BCUT2D eigenvalue weighted by molar-refractivity contribution is -0.140. The Morgan fingerprint density at radius 2 is 1.83 bits per heavy atom. The normalized spacial score (nSPS) is 18.3. The summed E-state index contributed by atoms with van der Waals surface area (Å²) in [7, 11) is 1.48. The first-order valence-electron chi connectivity index (χ1n) is 8.21. The van der Waals surface area contributed by atoms with Gasteiger partial charge in [-0.25, -0.2) is 0 Å². The van der Waals surface area contributed by atoms with Gasteiger partial charge in [0.1, 0.15) is 5.92 Å². The standard InChI is InChI=1S/C21H20O2/c1-13-6-5-9-17-15(13)10-11-18-16-8-4-3-7-14(16)12-19(20(17)18)21(22)23-2/h3-4,7-8,10-12,19H,5-6,9H2,1-2H3. The third-order valence-electron chi connectivity index (χ3n) is 5.16. The highest BCUT2D eigenvalue weighted by atomic mass is 16.5. The Labute approximate surface area is 135 Å². The van der Waals surface area contributed by atoms with E-state index < -0.39 is 0 Å². The molecule has 0 amide bonds. The maximum Gasteiger partial charge on any atom is 0.317 e. The van der Waals surface area contributed by atoms with E-state index in [1.807, 2.05) is 6.07 Å². The van der Waals surface area contributed by atoms with E-state index in [1.54, 1.807) is 0 Å². The van der Waals surface area contributed by atoms with Crippen LogP contribution in [0.15, 0.2) is 36.4 Å². The maximum atomic E-state index is 12.4. The summed E-state index contributed by atoms with van der Waals surface area (Å²) in [4.78, 5) is 12.4. The van der Waals surface area contributed by atoms with Crippen LogP contribution in [-0.2, 0) is 16.0 Å². The molecule has 4 rings (SSSR count). The highest BCUT2D eigenvalue weighted by Gasteiger charge is 2.26. The van der Waals surface area contributed by atoms with E-state index in [-0.39, 0.29) is 11.9 Å². The van der Waals surface area contributed by atoms with Crippen molar-refractivity contribution in [3.8, 4) is 0 Å². The number of hydrogen-bond donors (Lipinski definition) is 0. The number of ether oxygens (including phenoxy) is 1. The SMILES string of the molecule is COC(=O)C1C=c2ccccc2=c2ccc3c(c21)CCCC=3C. The lowest BCUT2D eigenvalue weighted by Crippen LogP contribution is -2.27. The Bertz CT molecular complexity index is 1010. The number of esters is 1. The van der Waals surface area contributed by atoms with E-state index >= 15 is 0 Å². The summed E-state index contributed by atoms with van der Waals surface area (Å²) >= 11 is 0. The van der Waals surface area contributed by atoms with Crippen LogP contribution in [0, 0.1) is 10.4 Å². The minimum Gasteiger partial charge on any atom is -0.468 e. The minimum atomic E-state index is -0.300. The predicted molar refractivity (Wildman–Crippen MR) is 91.0 cm³/mol. The molecule has 2 aromatic rings. The second kappa shape index (κ2) is 5.38. The molecule has 0 aromatic heterocycles. The predicted octanol–water partition coefficient (Wildman–Crippen LogP) is 2.53. The average Bonchev–Trinajstić information content (AvgIpc) is 2.60. The lowest BCUT2D eigenvalue weighted by Gasteiger charge is -2.23. The molecule has 116 valence electrons. The Kier molecular flexibility index (Phi) is 3.33. The van der Waals surface area contributed by atoms with Crippen molar-refractivity contribution in [1.82, 2.24) is 0 Å². The third-order valence-corrected chi connectivity index (χ3v) is 5.16. The molecule has 1 atom stereocenters. The summed E-state index contributed by atoms with van der Waals surface area (Å²) in [5.74, 6) is -0.469. The van der Waals surface area contributed by atoms with Crippen LogP contribution < -0.4 is 10.4 Å². The molecule has 1 unspecified atom stereocenters. The topological polar surface area (TPSA) is 26.3 Å². The van der Waals surface area contributed by atoms with Gasteiger partial charge in [-0.2, -0.15) is 0 Å². The van der Waals surface area contributed by atoms with E-state index in [0.717, 1.165) is 30.0 Å². The molecule has 0 saturated carbocycles. The first kappa shape index (κ1) is 14.3. The first-order valence-corrected chi connectivity index (χ1v) is 8.21. The Balaban J connectivity index is 2.21. The van der Waals surface area contributed by atoms with Gasteiger partial charge < -0.3 is 4.74 Å². The van der Waals surface area contributed by atoms with Crippen LogP contribution in [0.3, 0.4) is 0 Å². The van der Waals surface area contributed by atoms with Crippen LogP contribution in [-0.4, -0.2) is 13.1 Å². The number of hydrogen-bond acceptors (Lipinski definition) is 2. The molecule has 0 radical (unpaired) electrons. The molecule has 23 heavy (non-hydrogen) atoms. The van der Waals surface area contributed by atoms with E-state index in [9.17, 15) is 4.79 Å². The van der Waals surface area contributed by atoms with Crippen molar-refractivity contribution in [2.75, 3.05) is 7.11 Å². The van der Waals surface area contributed by atoms with Crippen LogP contribution in [0.5, 0.6) is 0 Å². The van der Waals surface area contributed by atoms with Gasteiger partial charge in [-0.15, -0.1) is 0 Å². The fourth-order valence-electron chi connectivity index (χ4n) is 4.05. The first-order chi connectivity index (χ1) is 11.2. The molecule has 0 fully saturated rings. The minimum absolute atomic E-state index is 0.169. The summed E-state index contributed by atoms with van der Waals surface area (Å²) in [6.45, 7) is 2.21. The molecule has 0 heterocycles. The molecule has 2 aliphatic carbocycles. The second-order valence-corrected chi connectivity index (χ2v) is 6.44. The summed E-state index contributed by atoms with van der Waals surface area (Å²) < 4.78 is 5.10. The molecular formula is C21H20O2. The monoisotopic (exact) mass is 304 g/mol. The van der Waals surface area contributed by atoms with Crippen molar-refractivity contribution in [3.05, 3.63) is 68.4 Å². The molecule has 2 nitrogen and oxygen atoms in total. The lowest BCUT2D eigenvalue weighted by atomic mass is 9.81. The van der Waals surface area contributed by atoms with Crippen molar-refractivity contribution >= 4 is 17.6 Å². The van der Waals surface area contributed by atoms with Crippen molar-refractivity contribution in [2.24, 2.45) is 0 Å². The molecule has 0 aliphatic heterocycles. The zero-order chi connectivity index (χ0) is 16.0. The largest absolute Gasteiger partial charge is 0.468 e. The van der Waals surface area contributed by atoms with E-state index in [1.165, 1.54) is 33.9 Å². The number of carbonyl (C=O) groups is 1. The number of benzene rings is 2. The zero-order valence-corrected chi connectivity index (χ0v) is 13.6. The van der Waals surface area contributed by atoms with Gasteiger partial charge in [0.05, 0.1) is 7.11 Å². The molecule has 2 aliphatic rings. The van der Waals surface area contributed by atoms with Crippen LogP contribution in [0.1, 0.15) is 36.8 Å². The summed E-state index contributed by atoms with van der Waals surface area (Å²) in [6, 6.07) is 12.7. The molecule has 0 bridgehead atoms. The van der Waals surface area contributed by atoms with Crippen LogP contribution in [0.4, 0.5) is 0 Å². The van der Waals surface area contributed by atoms with Gasteiger partial charge in [0.2, 0.25) is 0 Å². The number of fused-ring (bicyclic) bond motifs is 4. The molecule has 2 aromatic carbocycles. The number of methoxy groups -OCH3 is 1. The summed E-state index contributed by atoms with van der Waals surface area (Å²) in [6.07, 6.45) is 5.41. The van der Waals surface area contributed by atoms with Crippen LogP contribution in [0.2, 0.25) is 0 Å². The summed E-state index contributed by atoms with van der Waals surface area (Å²) in [5.41, 5.74) is 3.93. The molecule has 2 heteroatoms. The maximum absolute atomic E-state index is 12.4. The van der Waals surface area contributed by atoms with Crippen molar-refractivity contribution in [2.45, 2.75) is 32.1 Å². The fraction of sp³-hybridized carbons (Fsp3) is 0.286. The van der Waals surface area contributed by atoms with Gasteiger partial charge >= 0.3 is 5.97 Å². The molecular weight excluding hydrogens is 284 g/mol. The van der Waals surface area contributed by atoms with Crippen molar-refractivity contribution < 1.29 is 9.53 Å². The van der Waals surface area contributed by atoms with Gasteiger partial charge in [0.25, 0.3) is 0 Å². The molecule has 0 N–H and O–H groups in total. The Morgan fingerprint density at radius 1 is 1.04 bits per heavy atom. The quantitative estimate of drug-likeness (QED) is 0.757. The van der Waals surface area contributed by atoms with Crippen LogP contribution in [0.25, 0.3) is 11.6 Å².